The number of H-pyrrole nitrogens is 1. The van der Waals surface area contributed by atoms with Crippen LogP contribution in [0.5, 0.6) is 0 Å². The maximum absolute atomic E-state index is 12.4. The first-order valence-electron chi connectivity index (χ1n) is 5.34. The molecule has 0 amide bonds. The highest BCUT2D eigenvalue weighted by Crippen LogP contribution is 2.30. The van der Waals surface area contributed by atoms with Crippen LogP contribution in [0.15, 0.2) is 26.5 Å². The first-order valence-corrected chi connectivity index (χ1v) is 8.39. The predicted molar refractivity (Wildman–Crippen MR) is 71.9 cm³/mol. The Morgan fingerprint density at radius 3 is 3.00 bits per heavy atom. The van der Waals surface area contributed by atoms with Gasteiger partial charge in [0.1, 0.15) is 4.21 Å². The Bertz CT molecular complexity index is 677. The van der Waals surface area contributed by atoms with Gasteiger partial charge in [0, 0.05) is 13.0 Å². The molecule has 0 spiro atoms. The van der Waals surface area contributed by atoms with Crippen molar-refractivity contribution in [2.45, 2.75) is 17.2 Å². The van der Waals surface area contributed by atoms with E-state index in [1.807, 2.05) is 0 Å². The molecule has 0 radical (unpaired) electrons. The monoisotopic (exact) mass is 347 g/mol. The summed E-state index contributed by atoms with van der Waals surface area (Å²) in [6.07, 6.45) is 2.27. The predicted octanol–water partition coefficient (Wildman–Crippen LogP) is 1.98. The van der Waals surface area contributed by atoms with E-state index in [9.17, 15) is 8.42 Å². The molecule has 0 aromatic carbocycles. The number of nitrogens with zero attached hydrogens (tertiary/aromatic N) is 2. The van der Waals surface area contributed by atoms with Crippen LogP contribution in [0.25, 0.3) is 0 Å². The average molecular weight is 348 g/mol. The first-order chi connectivity index (χ1) is 8.57. The molecule has 3 heterocycles. The Hall–Kier alpha value is -0.700. The SMILES string of the molecule is O=S(=O)(c1ccc(Br)s1)N1CCc2nc[nH]c2C1. The van der Waals surface area contributed by atoms with Crippen LogP contribution in [0.1, 0.15) is 11.4 Å². The molecule has 0 fully saturated rings. The van der Waals surface area contributed by atoms with E-state index in [0.29, 0.717) is 23.7 Å². The number of aromatic amines is 1. The molecule has 5 nitrogen and oxygen atoms in total. The van der Waals surface area contributed by atoms with E-state index >= 15 is 0 Å². The minimum atomic E-state index is -3.39. The minimum Gasteiger partial charge on any atom is -0.347 e. The lowest BCUT2D eigenvalue weighted by Crippen LogP contribution is -2.35. The van der Waals surface area contributed by atoms with Crippen LogP contribution in [0.3, 0.4) is 0 Å². The van der Waals surface area contributed by atoms with Crippen LogP contribution >= 0.6 is 27.3 Å². The van der Waals surface area contributed by atoms with Crippen molar-refractivity contribution in [3.63, 3.8) is 0 Å². The lowest BCUT2D eigenvalue weighted by molar-refractivity contribution is 0.386. The van der Waals surface area contributed by atoms with E-state index in [1.54, 1.807) is 18.5 Å². The van der Waals surface area contributed by atoms with Gasteiger partial charge in [0.15, 0.2) is 0 Å². The van der Waals surface area contributed by atoms with Gasteiger partial charge in [-0.2, -0.15) is 4.31 Å². The second-order valence-electron chi connectivity index (χ2n) is 3.97. The van der Waals surface area contributed by atoms with E-state index in [1.165, 1.54) is 15.6 Å². The van der Waals surface area contributed by atoms with Gasteiger partial charge in [-0.1, -0.05) is 0 Å². The number of hydrogen-bond acceptors (Lipinski definition) is 4. The first kappa shape index (κ1) is 12.3. The number of fused-ring (bicyclic) bond motifs is 1. The van der Waals surface area contributed by atoms with Gasteiger partial charge in [-0.15, -0.1) is 11.3 Å². The topological polar surface area (TPSA) is 66.1 Å². The van der Waals surface area contributed by atoms with Gasteiger partial charge in [0.2, 0.25) is 0 Å². The Kier molecular flexibility index (Phi) is 3.05. The molecule has 0 atom stereocenters. The molecular weight excluding hydrogens is 338 g/mol. The number of aromatic nitrogens is 2. The molecule has 0 saturated heterocycles. The molecular formula is C10H10BrN3O2S2. The molecule has 2 aromatic rings. The fraction of sp³-hybridized carbons (Fsp3) is 0.300. The van der Waals surface area contributed by atoms with Crippen LogP contribution in [0, 0.1) is 0 Å². The second-order valence-corrected chi connectivity index (χ2v) is 8.60. The lowest BCUT2D eigenvalue weighted by Gasteiger charge is -2.24. The fourth-order valence-electron chi connectivity index (χ4n) is 1.96. The van der Waals surface area contributed by atoms with Gasteiger partial charge < -0.3 is 4.98 Å². The van der Waals surface area contributed by atoms with Gasteiger partial charge in [-0.3, -0.25) is 0 Å². The van der Waals surface area contributed by atoms with Crippen molar-refractivity contribution in [3.05, 3.63) is 33.6 Å². The maximum atomic E-state index is 12.4. The zero-order chi connectivity index (χ0) is 12.8. The third kappa shape index (κ3) is 2.03. The summed E-state index contributed by atoms with van der Waals surface area (Å²) in [6.45, 7) is 0.850. The van der Waals surface area contributed by atoms with Crippen molar-refractivity contribution in [3.8, 4) is 0 Å². The lowest BCUT2D eigenvalue weighted by atomic mass is 10.2. The van der Waals surface area contributed by atoms with Crippen molar-refractivity contribution in [1.82, 2.24) is 14.3 Å². The Morgan fingerprint density at radius 1 is 1.44 bits per heavy atom. The van der Waals surface area contributed by atoms with E-state index < -0.39 is 10.0 Å². The fourth-order valence-corrected chi connectivity index (χ4v) is 5.53. The summed E-state index contributed by atoms with van der Waals surface area (Å²) in [5, 5.41) is 0. The molecule has 1 aliphatic rings. The number of nitrogens with one attached hydrogen (secondary N) is 1. The summed E-state index contributed by atoms with van der Waals surface area (Å²) in [6, 6.07) is 3.38. The summed E-state index contributed by atoms with van der Waals surface area (Å²) in [4.78, 5) is 7.16. The number of thiophene rings is 1. The van der Waals surface area contributed by atoms with Crippen molar-refractivity contribution < 1.29 is 8.42 Å². The van der Waals surface area contributed by atoms with Crippen LogP contribution < -0.4 is 0 Å². The normalized spacial score (nSPS) is 16.7. The molecule has 0 unspecified atom stereocenters. The number of halogens is 1. The molecule has 0 bridgehead atoms. The highest BCUT2D eigenvalue weighted by atomic mass is 79.9. The molecule has 0 saturated carbocycles. The second kappa shape index (κ2) is 4.44. The summed E-state index contributed by atoms with van der Waals surface area (Å²) in [5.41, 5.74) is 1.86. The van der Waals surface area contributed by atoms with E-state index in [4.69, 9.17) is 0 Å². The summed E-state index contributed by atoms with van der Waals surface area (Å²) < 4.78 is 27.5. The quantitative estimate of drug-likeness (QED) is 0.903. The smallest absolute Gasteiger partial charge is 0.252 e. The largest absolute Gasteiger partial charge is 0.347 e. The zero-order valence-corrected chi connectivity index (χ0v) is 12.5. The van der Waals surface area contributed by atoms with Crippen molar-refractivity contribution >= 4 is 37.3 Å². The third-order valence-corrected chi connectivity index (χ3v) is 6.82. The van der Waals surface area contributed by atoms with Crippen LogP contribution in [-0.2, 0) is 23.0 Å². The summed E-state index contributed by atoms with van der Waals surface area (Å²) in [7, 11) is -3.39. The summed E-state index contributed by atoms with van der Waals surface area (Å²) in [5.74, 6) is 0. The van der Waals surface area contributed by atoms with Gasteiger partial charge in [-0.05, 0) is 28.1 Å². The highest BCUT2D eigenvalue weighted by molar-refractivity contribution is 9.11. The number of sulfonamides is 1. The zero-order valence-electron chi connectivity index (χ0n) is 9.26. The highest BCUT2D eigenvalue weighted by Gasteiger charge is 2.30. The number of rotatable bonds is 2. The summed E-state index contributed by atoms with van der Waals surface area (Å²) >= 11 is 4.52. The standard InChI is InChI=1S/C10H10BrN3O2S2/c11-9-1-2-10(17-9)18(15,16)14-4-3-7-8(5-14)13-6-12-7/h1-2,6H,3-5H2,(H,12,13). The van der Waals surface area contributed by atoms with Crippen LogP contribution in [0.4, 0.5) is 0 Å². The van der Waals surface area contributed by atoms with E-state index in [2.05, 4.69) is 25.9 Å². The van der Waals surface area contributed by atoms with Gasteiger partial charge >= 0.3 is 0 Å². The molecule has 8 heteroatoms. The molecule has 18 heavy (non-hydrogen) atoms. The van der Waals surface area contributed by atoms with Crippen molar-refractivity contribution in [2.24, 2.45) is 0 Å². The van der Waals surface area contributed by atoms with Gasteiger partial charge in [0.05, 0.1) is 28.0 Å². The molecule has 2 aromatic heterocycles. The molecule has 96 valence electrons. The van der Waals surface area contributed by atoms with Gasteiger partial charge in [-0.25, -0.2) is 13.4 Å². The average Bonchev–Trinajstić information content (AvgIpc) is 2.96. The Labute approximate surface area is 117 Å². The Morgan fingerprint density at radius 2 is 2.28 bits per heavy atom. The van der Waals surface area contributed by atoms with Crippen molar-refractivity contribution in [1.29, 1.82) is 0 Å². The van der Waals surface area contributed by atoms with Crippen molar-refractivity contribution in [2.75, 3.05) is 6.54 Å². The molecule has 1 N–H and O–H groups in total. The molecule has 3 rings (SSSR count). The molecule has 1 aliphatic heterocycles. The van der Waals surface area contributed by atoms with Crippen LogP contribution in [0.2, 0.25) is 0 Å². The third-order valence-electron chi connectivity index (χ3n) is 2.88. The van der Waals surface area contributed by atoms with E-state index in [-0.39, 0.29) is 0 Å². The van der Waals surface area contributed by atoms with E-state index in [0.717, 1.165) is 15.2 Å². The number of hydrogen-bond donors (Lipinski definition) is 1. The minimum absolute atomic E-state index is 0.368. The number of imidazole rings is 1. The van der Waals surface area contributed by atoms with Gasteiger partial charge in [0.25, 0.3) is 10.0 Å². The molecule has 0 aliphatic carbocycles. The maximum Gasteiger partial charge on any atom is 0.252 e. The Balaban J connectivity index is 1.92. The van der Waals surface area contributed by atoms with Crippen LogP contribution in [-0.4, -0.2) is 29.2 Å².